The molecule has 0 saturated carbocycles. The van der Waals surface area contributed by atoms with Gasteiger partial charge in [0.2, 0.25) is 0 Å². The molecule has 0 aromatic heterocycles. The van der Waals surface area contributed by atoms with Crippen LogP contribution in [0.15, 0.2) is 18.2 Å². The maximum Gasteiger partial charge on any atom is 0.258 e. The maximum atomic E-state index is 5.38. The molecule has 7 nitrogen and oxygen atoms in total. The summed E-state index contributed by atoms with van der Waals surface area (Å²) in [6.07, 6.45) is 0. The highest BCUT2D eigenvalue weighted by atomic mass is 32.2. The lowest BCUT2D eigenvalue weighted by Gasteiger charge is -2.09. The molecule has 0 amide bonds. The van der Waals surface area contributed by atoms with E-state index in [0.29, 0.717) is 48.5 Å². The Labute approximate surface area is 120 Å². The topological polar surface area (TPSA) is 64.6 Å². The normalized spacial score (nSPS) is 10.3. The van der Waals surface area contributed by atoms with Crippen LogP contribution in [-0.2, 0) is 18.4 Å². The molecule has 0 spiro atoms. The SMILES string of the molecule is CCOc1cc(OSOOC)cc(OSOOC)c1. The van der Waals surface area contributed by atoms with Crippen molar-refractivity contribution in [2.24, 2.45) is 0 Å². The molecular formula is C10H14O7S2. The molecule has 1 aromatic rings. The first-order valence-electron chi connectivity index (χ1n) is 5.16. The summed E-state index contributed by atoms with van der Waals surface area (Å²) in [5.74, 6) is 1.54. The van der Waals surface area contributed by atoms with Crippen molar-refractivity contribution in [3.63, 3.8) is 0 Å². The highest BCUT2D eigenvalue weighted by molar-refractivity contribution is 7.90. The summed E-state index contributed by atoms with van der Waals surface area (Å²) in [7, 11) is 2.75. The van der Waals surface area contributed by atoms with Crippen molar-refractivity contribution in [3.05, 3.63) is 18.2 Å². The minimum Gasteiger partial charge on any atom is -0.494 e. The second-order valence-corrected chi connectivity index (χ2v) is 3.72. The molecule has 19 heavy (non-hydrogen) atoms. The number of rotatable bonds is 10. The Morgan fingerprint density at radius 2 is 1.32 bits per heavy atom. The summed E-state index contributed by atoms with van der Waals surface area (Å²) in [5, 5.41) is 0. The van der Waals surface area contributed by atoms with Gasteiger partial charge < -0.3 is 13.1 Å². The first-order valence-corrected chi connectivity index (χ1v) is 6.49. The third kappa shape index (κ3) is 6.76. The zero-order valence-corrected chi connectivity index (χ0v) is 12.2. The second kappa shape index (κ2) is 10.0. The highest BCUT2D eigenvalue weighted by Gasteiger charge is 2.06. The van der Waals surface area contributed by atoms with Gasteiger partial charge in [-0.3, -0.25) is 0 Å². The zero-order chi connectivity index (χ0) is 13.9. The maximum absolute atomic E-state index is 5.38. The molecule has 0 bridgehead atoms. The van der Waals surface area contributed by atoms with Gasteiger partial charge in [-0.05, 0) is 6.92 Å². The van der Waals surface area contributed by atoms with Gasteiger partial charge in [0.25, 0.3) is 24.6 Å². The summed E-state index contributed by atoms with van der Waals surface area (Å²) < 4.78 is 24.9. The molecule has 0 atom stereocenters. The zero-order valence-electron chi connectivity index (χ0n) is 10.6. The van der Waals surface area contributed by atoms with Crippen molar-refractivity contribution in [3.8, 4) is 17.2 Å². The molecule has 0 saturated heterocycles. The van der Waals surface area contributed by atoms with E-state index in [1.54, 1.807) is 18.2 Å². The van der Waals surface area contributed by atoms with Crippen LogP contribution in [0, 0.1) is 0 Å². The Morgan fingerprint density at radius 1 is 0.842 bits per heavy atom. The molecule has 1 aromatic carbocycles. The molecule has 0 fully saturated rings. The Morgan fingerprint density at radius 3 is 1.74 bits per heavy atom. The predicted octanol–water partition coefficient (Wildman–Crippen LogP) is 3.13. The van der Waals surface area contributed by atoms with E-state index in [2.05, 4.69) is 18.4 Å². The van der Waals surface area contributed by atoms with Crippen LogP contribution in [0.1, 0.15) is 6.92 Å². The molecule has 0 N–H and O–H groups in total. The van der Waals surface area contributed by atoms with Crippen LogP contribution in [0.5, 0.6) is 17.2 Å². The second-order valence-electron chi connectivity index (χ2n) is 2.85. The number of hydrogen-bond donors (Lipinski definition) is 0. The summed E-state index contributed by atoms with van der Waals surface area (Å²) in [6, 6.07) is 5.00. The van der Waals surface area contributed by atoms with Crippen molar-refractivity contribution in [2.45, 2.75) is 6.92 Å². The summed E-state index contributed by atoms with van der Waals surface area (Å²) >= 11 is 1.35. The number of benzene rings is 1. The fraction of sp³-hybridized carbons (Fsp3) is 0.400. The fourth-order valence-electron chi connectivity index (χ4n) is 1.05. The summed E-state index contributed by atoms with van der Waals surface area (Å²) in [4.78, 5) is 8.77. The van der Waals surface area contributed by atoms with Crippen LogP contribution >= 0.6 is 24.6 Å². The van der Waals surface area contributed by atoms with Gasteiger partial charge in [0, 0.05) is 18.2 Å². The van der Waals surface area contributed by atoms with E-state index in [9.17, 15) is 0 Å². The van der Waals surface area contributed by atoms with Gasteiger partial charge in [-0.25, -0.2) is 9.78 Å². The van der Waals surface area contributed by atoms with E-state index in [4.69, 9.17) is 13.1 Å². The van der Waals surface area contributed by atoms with Gasteiger partial charge in [-0.15, -0.1) is 8.67 Å². The first kappa shape index (κ1) is 16.2. The minimum atomic E-state index is 0.473. The Kier molecular flexibility index (Phi) is 8.54. The summed E-state index contributed by atoms with van der Waals surface area (Å²) in [5.41, 5.74) is 0. The van der Waals surface area contributed by atoms with Gasteiger partial charge in [-0.1, -0.05) is 0 Å². The molecule has 0 aliphatic carbocycles. The van der Waals surface area contributed by atoms with E-state index in [1.807, 2.05) is 6.92 Å². The average Bonchev–Trinajstić information content (AvgIpc) is 2.40. The molecule has 0 radical (unpaired) electrons. The lowest BCUT2D eigenvalue weighted by Crippen LogP contribution is -1.94. The molecule has 0 aliphatic heterocycles. The van der Waals surface area contributed by atoms with Crippen molar-refractivity contribution in [1.82, 2.24) is 0 Å². The highest BCUT2D eigenvalue weighted by Crippen LogP contribution is 2.31. The van der Waals surface area contributed by atoms with Gasteiger partial charge >= 0.3 is 0 Å². The minimum absolute atomic E-state index is 0.473. The Balaban J connectivity index is 2.66. The van der Waals surface area contributed by atoms with E-state index < -0.39 is 0 Å². The lowest BCUT2D eigenvalue weighted by atomic mass is 10.3. The quantitative estimate of drug-likeness (QED) is 0.280. The average molecular weight is 310 g/mol. The monoisotopic (exact) mass is 310 g/mol. The van der Waals surface area contributed by atoms with Crippen LogP contribution in [0.3, 0.4) is 0 Å². The number of ether oxygens (including phenoxy) is 1. The predicted molar refractivity (Wildman–Crippen MR) is 70.2 cm³/mol. The van der Waals surface area contributed by atoms with Crippen LogP contribution in [0.2, 0.25) is 0 Å². The van der Waals surface area contributed by atoms with Crippen LogP contribution in [0.4, 0.5) is 0 Å². The van der Waals surface area contributed by atoms with Gasteiger partial charge in [0.05, 0.1) is 20.8 Å². The van der Waals surface area contributed by atoms with Crippen molar-refractivity contribution in [1.29, 1.82) is 0 Å². The lowest BCUT2D eigenvalue weighted by molar-refractivity contribution is -0.164. The van der Waals surface area contributed by atoms with E-state index in [1.165, 1.54) is 14.2 Å². The van der Waals surface area contributed by atoms with Gasteiger partial charge in [0.1, 0.15) is 17.2 Å². The molecule has 0 unspecified atom stereocenters. The fourth-order valence-corrected chi connectivity index (χ4v) is 1.57. The molecule has 1 rings (SSSR count). The standard InChI is InChI=1S/C10H14O7S2/c1-4-13-8-5-9(14-18-16-11-2)7-10(6-8)15-19-17-12-3/h5-7H,4H2,1-3H3. The van der Waals surface area contributed by atoms with Crippen molar-refractivity contribution < 1.29 is 31.5 Å². The van der Waals surface area contributed by atoms with Gasteiger partial charge in [-0.2, -0.15) is 0 Å². The van der Waals surface area contributed by atoms with Gasteiger partial charge in [0.15, 0.2) is 0 Å². The molecule has 108 valence electrons. The third-order valence-corrected chi connectivity index (χ3v) is 2.52. The van der Waals surface area contributed by atoms with Crippen LogP contribution in [0.25, 0.3) is 0 Å². The Hall–Kier alpha value is -0.840. The molecule has 0 heterocycles. The first-order chi connectivity index (χ1) is 9.30. The third-order valence-electron chi connectivity index (χ3n) is 1.62. The van der Waals surface area contributed by atoms with Crippen molar-refractivity contribution in [2.75, 3.05) is 20.8 Å². The van der Waals surface area contributed by atoms with Crippen molar-refractivity contribution >= 4 is 24.6 Å². The smallest absolute Gasteiger partial charge is 0.258 e. The van der Waals surface area contributed by atoms with E-state index >= 15 is 0 Å². The molecule has 9 heteroatoms. The Bertz CT molecular complexity index is 335. The van der Waals surface area contributed by atoms with E-state index in [0.717, 1.165) is 0 Å². The van der Waals surface area contributed by atoms with Crippen LogP contribution in [-0.4, -0.2) is 20.8 Å². The molecule has 0 aliphatic rings. The van der Waals surface area contributed by atoms with Crippen LogP contribution < -0.4 is 13.1 Å². The largest absolute Gasteiger partial charge is 0.494 e. The summed E-state index contributed by atoms with van der Waals surface area (Å²) in [6.45, 7) is 2.39. The molecular weight excluding hydrogens is 296 g/mol. The number of hydrogen-bond acceptors (Lipinski definition) is 9. The van der Waals surface area contributed by atoms with E-state index in [-0.39, 0.29) is 0 Å².